The maximum absolute atomic E-state index is 9.89. The summed E-state index contributed by atoms with van der Waals surface area (Å²) in [6.45, 7) is 10.8. The largest absolute Gasteiger partial charge is 0.420 e. The molecule has 0 heterocycles. The van der Waals surface area contributed by atoms with Crippen molar-refractivity contribution >= 4 is 16.9 Å². The van der Waals surface area contributed by atoms with Crippen LogP contribution in [0.25, 0.3) is 0 Å². The van der Waals surface area contributed by atoms with Gasteiger partial charge >= 0.3 is 8.56 Å². The van der Waals surface area contributed by atoms with E-state index < -0.39 is 23.0 Å². The van der Waals surface area contributed by atoms with Gasteiger partial charge in [0.05, 0.1) is 12.7 Å². The van der Waals surface area contributed by atoms with Crippen LogP contribution in [-0.4, -0.2) is 88.8 Å². The van der Waals surface area contributed by atoms with Crippen LogP contribution >= 0.6 is 0 Å². The van der Waals surface area contributed by atoms with E-state index in [0.717, 1.165) is 44.6 Å². The smallest absolute Gasteiger partial charge is 0.334 e. The third-order valence-electron chi connectivity index (χ3n) is 4.64. The van der Waals surface area contributed by atoms with Crippen LogP contribution < -0.4 is 10.6 Å². The third kappa shape index (κ3) is 14.2. The Balaban J connectivity index is 3.43. The van der Waals surface area contributed by atoms with Crippen LogP contribution in [0, 0.1) is 0 Å². The fourth-order valence-corrected chi connectivity index (χ4v) is 4.97. The van der Waals surface area contributed by atoms with E-state index in [1.54, 1.807) is 21.3 Å². The maximum atomic E-state index is 9.89. The van der Waals surface area contributed by atoms with Crippen molar-refractivity contribution in [1.29, 1.82) is 0 Å². The minimum absolute atomic E-state index is 0.382. The van der Waals surface area contributed by atoms with Crippen LogP contribution in [0.2, 0.25) is 31.7 Å². The number of ether oxygens (including phenoxy) is 1. The molecular weight excluding hydrogens is 368 g/mol. The molecule has 7 nitrogen and oxygen atoms in total. The van der Waals surface area contributed by atoms with Gasteiger partial charge in [-0.05, 0) is 51.1 Å². The minimum atomic E-state index is -1.93. The monoisotopic (exact) mass is 410 g/mol. The first-order valence-corrected chi connectivity index (χ1v) is 15.2. The highest BCUT2D eigenvalue weighted by Gasteiger charge is 2.27. The molecule has 0 aromatic heterocycles. The summed E-state index contributed by atoms with van der Waals surface area (Å²) in [4.78, 5) is 0. The molecule has 9 heteroatoms. The average Bonchev–Trinajstić information content (AvgIpc) is 2.63. The summed E-state index contributed by atoms with van der Waals surface area (Å²) >= 11 is 0. The van der Waals surface area contributed by atoms with Gasteiger partial charge in [-0.1, -0.05) is 0 Å². The highest BCUT2D eigenvalue weighted by molar-refractivity contribution is 6.71. The topological polar surface area (TPSA) is 81.2 Å². The van der Waals surface area contributed by atoms with E-state index in [-0.39, 0.29) is 0 Å². The standard InChI is InChI=1S/C17H42N2O5Si2/c1-21-25(4,5)13-8-12-24-16-17(20)15-19-11-10-18-9-7-14-26(6,22-2)23-3/h17-20H,7-16H2,1-6H3. The molecule has 0 aromatic carbocycles. The molecule has 0 aliphatic heterocycles. The van der Waals surface area contributed by atoms with Crippen LogP contribution in [0.5, 0.6) is 0 Å². The molecule has 26 heavy (non-hydrogen) atoms. The SMILES string of the molecule is CO[Si](C)(C)CCCOCC(O)CNCCNCCC[Si](C)(OC)OC. The van der Waals surface area contributed by atoms with Crippen LogP contribution in [0.15, 0.2) is 0 Å². The van der Waals surface area contributed by atoms with Gasteiger partial charge in [0.1, 0.15) is 0 Å². The Morgan fingerprint density at radius 2 is 1.50 bits per heavy atom. The summed E-state index contributed by atoms with van der Waals surface area (Å²) in [5, 5.41) is 16.5. The van der Waals surface area contributed by atoms with Crippen molar-refractivity contribution in [2.24, 2.45) is 0 Å². The number of hydrogen-bond acceptors (Lipinski definition) is 7. The molecule has 0 radical (unpaired) electrons. The van der Waals surface area contributed by atoms with Crippen molar-refractivity contribution in [2.75, 3.05) is 60.7 Å². The molecule has 3 N–H and O–H groups in total. The summed E-state index contributed by atoms with van der Waals surface area (Å²) in [6.07, 6.45) is 1.58. The molecule has 0 saturated heterocycles. The molecule has 0 aliphatic rings. The Hall–Kier alpha value is 0.154. The van der Waals surface area contributed by atoms with Gasteiger partial charge in [0, 0.05) is 47.6 Å². The first kappa shape index (κ1) is 26.2. The molecule has 158 valence electrons. The molecule has 0 saturated carbocycles. The summed E-state index contributed by atoms with van der Waals surface area (Å²) in [5.41, 5.74) is 0. The molecular formula is C17H42N2O5Si2. The van der Waals surface area contributed by atoms with E-state index in [0.29, 0.717) is 19.8 Å². The zero-order chi connectivity index (χ0) is 19.9. The second kappa shape index (κ2) is 15.1. The summed E-state index contributed by atoms with van der Waals surface area (Å²) in [6, 6.07) is 2.07. The molecule has 0 spiro atoms. The normalized spacial score (nSPS) is 14.0. The zero-order valence-electron chi connectivity index (χ0n) is 17.7. The van der Waals surface area contributed by atoms with E-state index in [1.807, 2.05) is 0 Å². The van der Waals surface area contributed by atoms with Crippen LogP contribution in [0.4, 0.5) is 0 Å². The molecule has 0 aromatic rings. The highest BCUT2D eigenvalue weighted by Crippen LogP contribution is 2.13. The number of aliphatic hydroxyl groups excluding tert-OH is 1. The van der Waals surface area contributed by atoms with Gasteiger partial charge in [-0.25, -0.2) is 0 Å². The Labute approximate surface area is 162 Å². The average molecular weight is 411 g/mol. The van der Waals surface area contributed by atoms with E-state index in [4.69, 9.17) is 18.0 Å². The van der Waals surface area contributed by atoms with Gasteiger partial charge in [-0.3, -0.25) is 0 Å². The molecule has 0 amide bonds. The van der Waals surface area contributed by atoms with E-state index >= 15 is 0 Å². The van der Waals surface area contributed by atoms with Gasteiger partial charge in [-0.2, -0.15) is 0 Å². The van der Waals surface area contributed by atoms with Crippen molar-refractivity contribution in [3.8, 4) is 0 Å². The van der Waals surface area contributed by atoms with Crippen LogP contribution in [0.3, 0.4) is 0 Å². The van der Waals surface area contributed by atoms with E-state index in [1.165, 1.54) is 0 Å². The van der Waals surface area contributed by atoms with Gasteiger partial charge in [0.15, 0.2) is 8.32 Å². The first-order valence-electron chi connectivity index (χ1n) is 9.61. The summed E-state index contributed by atoms with van der Waals surface area (Å²) in [7, 11) is 1.83. The fraction of sp³-hybridized carbons (Fsp3) is 1.00. The molecule has 1 unspecified atom stereocenters. The third-order valence-corrected chi connectivity index (χ3v) is 10.3. The predicted octanol–water partition coefficient (Wildman–Crippen LogP) is 1.54. The lowest BCUT2D eigenvalue weighted by Gasteiger charge is -2.22. The van der Waals surface area contributed by atoms with Gasteiger partial charge < -0.3 is 33.8 Å². The lowest BCUT2D eigenvalue weighted by molar-refractivity contribution is 0.0372. The minimum Gasteiger partial charge on any atom is -0.420 e. The number of nitrogens with one attached hydrogen (secondary N) is 2. The highest BCUT2D eigenvalue weighted by atomic mass is 28.4. The van der Waals surface area contributed by atoms with E-state index in [2.05, 4.69) is 30.3 Å². The Bertz CT molecular complexity index is 334. The van der Waals surface area contributed by atoms with Crippen molar-refractivity contribution < 1.29 is 23.1 Å². The van der Waals surface area contributed by atoms with Gasteiger partial charge in [0.25, 0.3) is 0 Å². The van der Waals surface area contributed by atoms with Crippen LogP contribution in [-0.2, 0) is 18.0 Å². The van der Waals surface area contributed by atoms with Crippen molar-refractivity contribution in [3.05, 3.63) is 0 Å². The lowest BCUT2D eigenvalue weighted by Crippen LogP contribution is -2.37. The number of aliphatic hydroxyl groups is 1. The quantitative estimate of drug-likeness (QED) is 0.234. The fourth-order valence-electron chi connectivity index (χ4n) is 2.37. The molecule has 0 aliphatic carbocycles. The molecule has 1 atom stereocenters. The Kier molecular flexibility index (Phi) is 15.2. The maximum Gasteiger partial charge on any atom is 0.334 e. The zero-order valence-corrected chi connectivity index (χ0v) is 19.7. The Morgan fingerprint density at radius 3 is 2.12 bits per heavy atom. The van der Waals surface area contributed by atoms with Crippen LogP contribution in [0.1, 0.15) is 12.8 Å². The molecule has 0 fully saturated rings. The Morgan fingerprint density at radius 1 is 0.846 bits per heavy atom. The second-order valence-corrected chi connectivity index (χ2v) is 15.4. The number of rotatable bonds is 18. The number of hydrogen-bond donors (Lipinski definition) is 3. The first-order chi connectivity index (χ1) is 12.3. The second-order valence-electron chi connectivity index (χ2n) is 7.40. The molecule has 0 rings (SSSR count). The van der Waals surface area contributed by atoms with E-state index in [9.17, 15) is 5.11 Å². The van der Waals surface area contributed by atoms with Gasteiger partial charge in [-0.15, -0.1) is 0 Å². The van der Waals surface area contributed by atoms with Crippen molar-refractivity contribution in [1.82, 2.24) is 10.6 Å². The molecule has 0 bridgehead atoms. The lowest BCUT2D eigenvalue weighted by atomic mass is 10.3. The summed E-state index contributed by atoms with van der Waals surface area (Å²) in [5.74, 6) is 0. The predicted molar refractivity (Wildman–Crippen MR) is 112 cm³/mol. The van der Waals surface area contributed by atoms with Crippen molar-refractivity contribution in [2.45, 2.75) is 50.7 Å². The van der Waals surface area contributed by atoms with Crippen molar-refractivity contribution in [3.63, 3.8) is 0 Å². The summed E-state index contributed by atoms with van der Waals surface area (Å²) < 4.78 is 22.0. The van der Waals surface area contributed by atoms with Gasteiger partial charge in [0.2, 0.25) is 0 Å².